The fourth-order valence-corrected chi connectivity index (χ4v) is 2.28. The number of benzene rings is 1. The molecule has 1 fully saturated rings. The third-order valence-corrected chi connectivity index (χ3v) is 3.38. The largest absolute Gasteiger partial charge is 0.394 e. The van der Waals surface area contributed by atoms with Gasteiger partial charge in [-0.2, -0.15) is 0 Å². The van der Waals surface area contributed by atoms with E-state index in [1.54, 1.807) is 12.1 Å². The number of para-hydroxylation sites is 1. The lowest BCUT2D eigenvalue weighted by atomic mass is 10.3. The molecule has 1 aliphatic heterocycles. The van der Waals surface area contributed by atoms with E-state index in [9.17, 15) is 14.0 Å². The van der Waals surface area contributed by atoms with Gasteiger partial charge in [0, 0.05) is 19.6 Å². The van der Waals surface area contributed by atoms with Crippen LogP contribution in [-0.2, 0) is 9.53 Å². The number of anilines is 1. The van der Waals surface area contributed by atoms with Crippen molar-refractivity contribution >= 4 is 17.6 Å². The van der Waals surface area contributed by atoms with Crippen LogP contribution in [0.3, 0.4) is 0 Å². The highest BCUT2D eigenvalue weighted by molar-refractivity contribution is 5.96. The normalized spacial score (nSPS) is 14.4. The molecule has 0 unspecified atom stereocenters. The van der Waals surface area contributed by atoms with Gasteiger partial charge in [-0.05, 0) is 12.1 Å². The van der Waals surface area contributed by atoms with Crippen molar-refractivity contribution < 1.29 is 23.8 Å². The molecule has 0 saturated carbocycles. The third kappa shape index (κ3) is 4.64. The Morgan fingerprint density at radius 1 is 1.30 bits per heavy atom. The number of amides is 3. The fourth-order valence-electron chi connectivity index (χ4n) is 2.28. The number of rotatable bonds is 8. The van der Waals surface area contributed by atoms with Gasteiger partial charge in [0.15, 0.2) is 0 Å². The second-order valence-electron chi connectivity index (χ2n) is 4.99. The molecule has 3 amide bonds. The van der Waals surface area contributed by atoms with Gasteiger partial charge in [0.2, 0.25) is 5.91 Å². The molecule has 0 bridgehead atoms. The van der Waals surface area contributed by atoms with Crippen LogP contribution in [0.1, 0.15) is 0 Å². The summed E-state index contributed by atoms with van der Waals surface area (Å²) in [6, 6.07) is 5.66. The van der Waals surface area contributed by atoms with E-state index >= 15 is 0 Å². The van der Waals surface area contributed by atoms with E-state index in [-0.39, 0.29) is 37.4 Å². The Kier molecular flexibility index (Phi) is 6.30. The summed E-state index contributed by atoms with van der Waals surface area (Å²) in [6.45, 7) is 1.37. The Bertz CT molecular complexity index is 555. The second kappa shape index (κ2) is 8.44. The molecule has 126 valence electrons. The maximum Gasteiger partial charge on any atom is 0.325 e. The lowest BCUT2D eigenvalue weighted by Crippen LogP contribution is -2.41. The quantitative estimate of drug-likeness (QED) is 0.669. The number of nitrogens with zero attached hydrogens (tertiary/aromatic N) is 2. The zero-order chi connectivity index (χ0) is 16.7. The number of aliphatic hydroxyl groups excluding tert-OH is 1. The van der Waals surface area contributed by atoms with Crippen LogP contribution >= 0.6 is 0 Å². The first-order chi connectivity index (χ1) is 11.1. The highest BCUT2D eigenvalue weighted by Crippen LogP contribution is 2.23. The molecule has 1 aromatic carbocycles. The van der Waals surface area contributed by atoms with Gasteiger partial charge >= 0.3 is 6.03 Å². The van der Waals surface area contributed by atoms with E-state index in [2.05, 4.69) is 5.32 Å². The Morgan fingerprint density at radius 3 is 2.83 bits per heavy atom. The maximum absolute atomic E-state index is 13.7. The smallest absolute Gasteiger partial charge is 0.325 e. The molecule has 23 heavy (non-hydrogen) atoms. The molecule has 2 N–H and O–H groups in total. The van der Waals surface area contributed by atoms with E-state index < -0.39 is 5.82 Å². The molecule has 1 aromatic rings. The molecule has 7 nitrogen and oxygen atoms in total. The SMILES string of the molecule is O=C(CN1CCN(c2ccccc2F)C1=O)NCCOCCO. The predicted molar refractivity (Wildman–Crippen MR) is 81.6 cm³/mol. The Morgan fingerprint density at radius 2 is 2.09 bits per heavy atom. The molecular formula is C15H20FN3O4. The number of nitrogens with one attached hydrogen (secondary N) is 1. The number of hydrogen-bond acceptors (Lipinski definition) is 4. The number of carbonyl (C=O) groups excluding carboxylic acids is 2. The average molecular weight is 325 g/mol. The summed E-state index contributed by atoms with van der Waals surface area (Å²) in [5.41, 5.74) is 0.220. The molecule has 1 heterocycles. The van der Waals surface area contributed by atoms with Gasteiger partial charge in [-0.15, -0.1) is 0 Å². The predicted octanol–water partition coefficient (Wildman–Crippen LogP) is 0.193. The van der Waals surface area contributed by atoms with Crippen molar-refractivity contribution in [3.05, 3.63) is 30.1 Å². The van der Waals surface area contributed by atoms with Gasteiger partial charge in [0.25, 0.3) is 0 Å². The summed E-state index contributed by atoms with van der Waals surface area (Å²) >= 11 is 0. The average Bonchev–Trinajstić information content (AvgIpc) is 2.89. The standard InChI is InChI=1S/C15H20FN3O4/c16-12-3-1-2-4-13(12)19-7-6-18(15(19)22)11-14(21)17-5-9-23-10-8-20/h1-4,20H,5-11H2,(H,17,21). The highest BCUT2D eigenvalue weighted by Gasteiger charge is 2.31. The lowest BCUT2D eigenvalue weighted by molar-refractivity contribution is -0.121. The van der Waals surface area contributed by atoms with Gasteiger partial charge in [0.1, 0.15) is 12.4 Å². The van der Waals surface area contributed by atoms with E-state index in [0.29, 0.717) is 26.2 Å². The first kappa shape index (κ1) is 17.2. The molecule has 1 saturated heterocycles. The molecule has 0 radical (unpaired) electrons. The van der Waals surface area contributed by atoms with Crippen LogP contribution in [0.2, 0.25) is 0 Å². The molecule has 8 heteroatoms. The van der Waals surface area contributed by atoms with Crippen LogP contribution < -0.4 is 10.2 Å². The van der Waals surface area contributed by atoms with Crippen molar-refractivity contribution in [3.8, 4) is 0 Å². The number of carbonyl (C=O) groups is 2. The van der Waals surface area contributed by atoms with Crippen LogP contribution in [0.15, 0.2) is 24.3 Å². The van der Waals surface area contributed by atoms with Crippen molar-refractivity contribution in [1.29, 1.82) is 0 Å². The minimum absolute atomic E-state index is 0.0674. The summed E-state index contributed by atoms with van der Waals surface area (Å²) in [6.07, 6.45) is 0. The van der Waals surface area contributed by atoms with Crippen molar-refractivity contribution in [2.24, 2.45) is 0 Å². The highest BCUT2D eigenvalue weighted by atomic mass is 19.1. The van der Waals surface area contributed by atoms with Gasteiger partial charge < -0.3 is 20.1 Å². The summed E-state index contributed by atoms with van der Waals surface area (Å²) in [7, 11) is 0. The van der Waals surface area contributed by atoms with E-state index in [4.69, 9.17) is 9.84 Å². The number of aliphatic hydroxyl groups is 1. The Hall–Kier alpha value is -2.19. The topological polar surface area (TPSA) is 82.1 Å². The molecule has 1 aliphatic rings. The van der Waals surface area contributed by atoms with Gasteiger partial charge in [-0.25, -0.2) is 9.18 Å². The third-order valence-electron chi connectivity index (χ3n) is 3.38. The molecule has 0 aromatic heterocycles. The van der Waals surface area contributed by atoms with E-state index in [1.165, 1.54) is 21.9 Å². The number of urea groups is 1. The zero-order valence-electron chi connectivity index (χ0n) is 12.7. The fraction of sp³-hybridized carbons (Fsp3) is 0.467. The van der Waals surface area contributed by atoms with Crippen LogP contribution in [0.25, 0.3) is 0 Å². The summed E-state index contributed by atoms with van der Waals surface area (Å²) in [4.78, 5) is 26.7. The minimum Gasteiger partial charge on any atom is -0.394 e. The molecule has 0 atom stereocenters. The number of ether oxygens (including phenoxy) is 1. The number of halogens is 1. The Labute approximate surface area is 133 Å². The monoisotopic (exact) mass is 325 g/mol. The van der Waals surface area contributed by atoms with Gasteiger partial charge in [-0.1, -0.05) is 12.1 Å². The van der Waals surface area contributed by atoms with Crippen molar-refractivity contribution in [3.63, 3.8) is 0 Å². The van der Waals surface area contributed by atoms with E-state index in [0.717, 1.165) is 0 Å². The summed E-state index contributed by atoms with van der Waals surface area (Å²) in [5.74, 6) is -0.769. The minimum atomic E-state index is -0.465. The summed E-state index contributed by atoms with van der Waals surface area (Å²) < 4.78 is 18.8. The van der Waals surface area contributed by atoms with Gasteiger partial charge in [-0.3, -0.25) is 9.69 Å². The van der Waals surface area contributed by atoms with Crippen molar-refractivity contribution in [2.75, 3.05) is 50.9 Å². The zero-order valence-corrected chi connectivity index (χ0v) is 12.7. The Balaban J connectivity index is 1.80. The first-order valence-electron chi connectivity index (χ1n) is 7.39. The molecular weight excluding hydrogens is 305 g/mol. The number of hydrogen-bond donors (Lipinski definition) is 2. The molecule has 0 spiro atoms. The summed E-state index contributed by atoms with van der Waals surface area (Å²) in [5, 5.41) is 11.2. The van der Waals surface area contributed by atoms with Crippen LogP contribution in [0.4, 0.5) is 14.9 Å². The van der Waals surface area contributed by atoms with Crippen molar-refractivity contribution in [1.82, 2.24) is 10.2 Å². The second-order valence-corrected chi connectivity index (χ2v) is 4.99. The first-order valence-corrected chi connectivity index (χ1v) is 7.39. The van der Waals surface area contributed by atoms with E-state index in [1.807, 2.05) is 0 Å². The van der Waals surface area contributed by atoms with Gasteiger partial charge in [0.05, 0.1) is 25.5 Å². The lowest BCUT2D eigenvalue weighted by Gasteiger charge is -2.18. The molecule has 0 aliphatic carbocycles. The van der Waals surface area contributed by atoms with Crippen LogP contribution in [-0.4, -0.2) is 67.9 Å². The van der Waals surface area contributed by atoms with Crippen LogP contribution in [0.5, 0.6) is 0 Å². The van der Waals surface area contributed by atoms with Crippen molar-refractivity contribution in [2.45, 2.75) is 0 Å². The maximum atomic E-state index is 13.7. The van der Waals surface area contributed by atoms with Crippen LogP contribution in [0, 0.1) is 5.82 Å². The molecule has 2 rings (SSSR count).